The minimum absolute atomic E-state index is 0.0379. The van der Waals surface area contributed by atoms with Gasteiger partial charge in [0.2, 0.25) is 33.3 Å². The molecule has 3 N–H and O–H groups in total. The van der Waals surface area contributed by atoms with Crippen LogP contribution in [0.3, 0.4) is 0 Å². The van der Waals surface area contributed by atoms with Gasteiger partial charge in [0, 0.05) is 30.2 Å². The topological polar surface area (TPSA) is 190 Å². The molecule has 312 valence electrons. The average Bonchev–Trinajstić information content (AvgIpc) is 4.01. The lowest BCUT2D eigenvalue weighted by Crippen LogP contribution is -2.58. The van der Waals surface area contributed by atoms with Gasteiger partial charge in [-0.25, -0.2) is 13.4 Å². The number of hydrogen-bond donors (Lipinski definition) is 3. The summed E-state index contributed by atoms with van der Waals surface area (Å²) in [5.74, 6) is -3.11. The van der Waals surface area contributed by atoms with Crippen molar-refractivity contribution in [1.29, 1.82) is 0 Å². The van der Waals surface area contributed by atoms with Gasteiger partial charge in [-0.1, -0.05) is 49.3 Å². The lowest BCUT2D eigenvalue weighted by atomic mass is 10.0. The molecule has 2 saturated carbocycles. The Morgan fingerprint density at radius 2 is 1.78 bits per heavy atom. The number of carbonyl (C=O) groups excluding carboxylic acids is 4. The highest BCUT2D eigenvalue weighted by atomic mass is 32.2. The van der Waals surface area contributed by atoms with Gasteiger partial charge < -0.3 is 24.7 Å². The number of hydrogen-bond acceptors (Lipinski definition) is 10. The maximum atomic E-state index is 14.5. The number of nitrogens with zero attached hydrogens (tertiary/aromatic N) is 3. The summed E-state index contributed by atoms with van der Waals surface area (Å²) in [7, 11) is -4.05. The van der Waals surface area contributed by atoms with Crippen molar-refractivity contribution >= 4 is 55.7 Å². The van der Waals surface area contributed by atoms with E-state index in [9.17, 15) is 40.8 Å². The number of ether oxygens (including phenoxy) is 1. The number of para-hydroxylation sites is 1. The summed E-state index contributed by atoms with van der Waals surface area (Å²) in [6.45, 7) is 2.68. The number of nitrogens with one attached hydrogen (secondary N) is 3. The third kappa shape index (κ3) is 7.85. The molecule has 0 radical (unpaired) electrons. The van der Waals surface area contributed by atoms with Crippen molar-refractivity contribution in [3.63, 3.8) is 0 Å². The summed E-state index contributed by atoms with van der Waals surface area (Å²) < 4.78 is 80.3. The van der Waals surface area contributed by atoms with E-state index < -0.39 is 79.8 Å². The number of aromatic nitrogens is 2. The summed E-state index contributed by atoms with van der Waals surface area (Å²) in [5, 5.41) is 6.14. The summed E-state index contributed by atoms with van der Waals surface area (Å²) in [5.41, 5.74) is -1.30. The minimum Gasteiger partial charge on any atom is -0.470 e. The van der Waals surface area contributed by atoms with Gasteiger partial charge >= 0.3 is 6.18 Å². The first-order chi connectivity index (χ1) is 28.0. The standard InChI is InChI=1S/C41H43F3N6O8S/c1-23(51)45-29-12-7-5-3-4-6-10-26-21-40(26,38(54)49-59(55,56)39(2)18-19-39)48-35(52)30-20-27(22-50(30)37(29)53)57-36-33-32(28-11-8-9-13-31(28)58-33)46-34(47-36)24-14-16-25(17-15-24)41(42,43)44/h6,8-11,13-17,26-27,29-30H,3-5,7,12,18-22H2,1-2H3,(H,45,51)(H,48,52)(H,49,54)/b10-6-/t26-,27-,29+,30+,40-/m1/s1. The van der Waals surface area contributed by atoms with Gasteiger partial charge in [-0.2, -0.15) is 18.2 Å². The molecule has 2 aromatic carbocycles. The van der Waals surface area contributed by atoms with Crippen molar-refractivity contribution < 1.29 is 49.9 Å². The molecule has 2 aromatic heterocycles. The molecule has 0 bridgehead atoms. The van der Waals surface area contributed by atoms with Gasteiger partial charge in [0.05, 0.1) is 16.9 Å². The summed E-state index contributed by atoms with van der Waals surface area (Å²) in [6.07, 6.45) is 2.10. The molecule has 2 aliphatic carbocycles. The van der Waals surface area contributed by atoms with E-state index in [2.05, 4.69) is 25.3 Å². The van der Waals surface area contributed by atoms with E-state index in [4.69, 9.17) is 9.15 Å². The van der Waals surface area contributed by atoms with Crippen LogP contribution in [-0.4, -0.2) is 81.9 Å². The third-order valence-electron chi connectivity index (χ3n) is 11.8. The van der Waals surface area contributed by atoms with Crippen LogP contribution in [0.5, 0.6) is 5.88 Å². The number of furan rings is 1. The number of alkyl halides is 3. The number of halogens is 3. The van der Waals surface area contributed by atoms with Crippen LogP contribution < -0.4 is 20.1 Å². The fourth-order valence-electron chi connectivity index (χ4n) is 7.93. The first-order valence-corrected chi connectivity index (χ1v) is 21.1. The molecule has 8 rings (SSSR count). The van der Waals surface area contributed by atoms with Gasteiger partial charge in [-0.15, -0.1) is 0 Å². The maximum absolute atomic E-state index is 14.5. The predicted octanol–water partition coefficient (Wildman–Crippen LogP) is 5.31. The Bertz CT molecular complexity index is 2490. The van der Waals surface area contributed by atoms with Gasteiger partial charge in [0.25, 0.3) is 11.8 Å². The fourth-order valence-corrected chi connectivity index (χ4v) is 9.24. The normalized spacial score (nSPS) is 26.5. The average molecular weight is 837 g/mol. The molecule has 0 spiro atoms. The number of carbonyl (C=O) groups is 4. The lowest BCUT2D eigenvalue weighted by molar-refractivity contribution is -0.142. The van der Waals surface area contributed by atoms with Crippen molar-refractivity contribution in [2.24, 2.45) is 5.92 Å². The van der Waals surface area contributed by atoms with Crippen LogP contribution in [0.1, 0.15) is 77.2 Å². The maximum Gasteiger partial charge on any atom is 0.416 e. The van der Waals surface area contributed by atoms with Crippen molar-refractivity contribution in [3.8, 4) is 17.3 Å². The number of rotatable bonds is 7. The van der Waals surface area contributed by atoms with Gasteiger partial charge in [0.15, 0.2) is 5.82 Å². The summed E-state index contributed by atoms with van der Waals surface area (Å²) >= 11 is 0. The van der Waals surface area contributed by atoms with Crippen LogP contribution >= 0.6 is 0 Å². The van der Waals surface area contributed by atoms with Crippen LogP contribution in [-0.2, 0) is 35.4 Å². The van der Waals surface area contributed by atoms with Crippen LogP contribution in [0, 0.1) is 5.92 Å². The van der Waals surface area contributed by atoms with E-state index in [-0.39, 0.29) is 42.2 Å². The molecule has 1 saturated heterocycles. The number of fused-ring (bicyclic) bond motifs is 5. The van der Waals surface area contributed by atoms with Gasteiger partial charge in [0.1, 0.15) is 34.8 Å². The van der Waals surface area contributed by atoms with E-state index in [0.29, 0.717) is 48.6 Å². The molecule has 3 fully saturated rings. The SMILES string of the molecule is CC(=O)N[C@H]1CCCCC/C=C\[C@@H]2C[C@@]2(C(=O)NS(=O)(=O)C2(C)CC2)NC(=O)[C@@H]2C[C@@H](Oc3nc(-c4ccc(C(F)(F)F)cc4)nc4c3oc3ccccc34)CN2C1=O. The molecule has 18 heteroatoms. The second kappa shape index (κ2) is 14.9. The molecular weight excluding hydrogens is 794 g/mol. The predicted molar refractivity (Wildman–Crippen MR) is 208 cm³/mol. The molecule has 4 aromatic rings. The number of allylic oxidation sites excluding steroid dienone is 1. The quantitative estimate of drug-likeness (QED) is 0.206. The van der Waals surface area contributed by atoms with Gasteiger partial charge in [-0.3, -0.25) is 23.9 Å². The van der Waals surface area contributed by atoms with Gasteiger partial charge in [-0.05, 0) is 69.7 Å². The van der Waals surface area contributed by atoms with Crippen molar-refractivity contribution in [2.45, 2.75) is 106 Å². The van der Waals surface area contributed by atoms with Crippen LogP contribution in [0.15, 0.2) is 65.1 Å². The third-order valence-corrected chi connectivity index (χ3v) is 13.9. The Morgan fingerprint density at radius 1 is 1.03 bits per heavy atom. The number of benzene rings is 2. The van der Waals surface area contributed by atoms with Crippen LogP contribution in [0.2, 0.25) is 0 Å². The highest BCUT2D eigenvalue weighted by molar-refractivity contribution is 7.91. The zero-order chi connectivity index (χ0) is 41.9. The van der Waals surface area contributed by atoms with Crippen LogP contribution in [0.4, 0.5) is 13.2 Å². The Morgan fingerprint density at radius 3 is 2.49 bits per heavy atom. The number of sulfonamides is 1. The fraction of sp³-hybridized carbons (Fsp3) is 0.463. The zero-order valence-corrected chi connectivity index (χ0v) is 33.1. The minimum atomic E-state index is -4.56. The zero-order valence-electron chi connectivity index (χ0n) is 32.3. The summed E-state index contributed by atoms with van der Waals surface area (Å²) in [6, 6.07) is 9.11. The molecule has 5 atom stereocenters. The highest BCUT2D eigenvalue weighted by Crippen LogP contribution is 2.48. The second-order valence-electron chi connectivity index (χ2n) is 16.2. The van der Waals surface area contributed by atoms with Crippen LogP contribution in [0.25, 0.3) is 33.5 Å². The smallest absolute Gasteiger partial charge is 0.416 e. The molecule has 4 amide bonds. The Labute approximate surface area is 337 Å². The molecule has 4 heterocycles. The molecule has 14 nitrogen and oxygen atoms in total. The van der Waals surface area contributed by atoms with E-state index >= 15 is 0 Å². The van der Waals surface area contributed by atoms with Crippen molar-refractivity contribution in [1.82, 2.24) is 30.2 Å². The first-order valence-electron chi connectivity index (χ1n) is 19.6. The second-order valence-corrected chi connectivity index (χ2v) is 18.4. The monoisotopic (exact) mass is 836 g/mol. The summed E-state index contributed by atoms with van der Waals surface area (Å²) in [4.78, 5) is 65.6. The van der Waals surface area contributed by atoms with Crippen molar-refractivity contribution in [3.05, 3.63) is 66.2 Å². The molecule has 2 aliphatic heterocycles. The Hall–Kier alpha value is -5.52. The molecular formula is C41H43F3N6O8S. The number of amides is 4. The van der Waals surface area contributed by atoms with E-state index in [1.165, 1.54) is 24.0 Å². The molecule has 0 unspecified atom stereocenters. The van der Waals surface area contributed by atoms with E-state index in [0.717, 1.165) is 25.0 Å². The highest BCUT2D eigenvalue weighted by Gasteiger charge is 2.63. The van der Waals surface area contributed by atoms with E-state index in [1.54, 1.807) is 31.2 Å². The molecule has 59 heavy (non-hydrogen) atoms. The molecule has 4 aliphatic rings. The Balaban J connectivity index is 1.14. The van der Waals surface area contributed by atoms with Crippen molar-refractivity contribution in [2.75, 3.05) is 6.54 Å². The first kappa shape index (κ1) is 40.3. The lowest BCUT2D eigenvalue weighted by Gasteiger charge is -2.29. The Kier molecular flexibility index (Phi) is 10.2. The largest absolute Gasteiger partial charge is 0.470 e. The van der Waals surface area contributed by atoms with E-state index in [1.807, 2.05) is 12.2 Å².